The number of carbonyl (C=O) groups is 1. The number of carboxylic acid groups (broad SMARTS) is 1. The van der Waals surface area contributed by atoms with E-state index < -0.39 is 11.2 Å². The van der Waals surface area contributed by atoms with Crippen LogP contribution in [-0.4, -0.2) is 37.6 Å². The molecule has 0 aliphatic heterocycles. The molecule has 25 heavy (non-hydrogen) atoms. The number of benzene rings is 1. The molecule has 0 unspecified atom stereocenters. The van der Waals surface area contributed by atoms with E-state index in [-0.39, 0.29) is 0 Å². The molecule has 130 valence electrons. The fraction of sp³-hybridized carbons (Fsp3) is 0.294. The number of hydrogen-bond acceptors (Lipinski definition) is 7. The molecule has 0 spiro atoms. The largest absolute Gasteiger partial charge is 0.549 e. The number of ether oxygens (including phenoxy) is 1. The van der Waals surface area contributed by atoms with Gasteiger partial charge in [0.1, 0.15) is 10.8 Å². The Morgan fingerprint density at radius 3 is 2.60 bits per heavy atom. The molecule has 0 bridgehead atoms. The molecule has 0 N–H and O–H groups in total. The second-order valence-corrected chi connectivity index (χ2v) is 6.48. The molecule has 0 radical (unpaired) electrons. The average Bonchev–Trinajstić information content (AvgIpc) is 3.03. The number of aromatic nitrogens is 4. The number of carbonyl (C=O) groups excluding carboxylic acids is 1. The molecule has 1 atom stereocenters. The summed E-state index contributed by atoms with van der Waals surface area (Å²) in [4.78, 5) is 11.1. The van der Waals surface area contributed by atoms with Crippen LogP contribution in [0.4, 0.5) is 0 Å². The minimum atomic E-state index is -1.09. The van der Waals surface area contributed by atoms with Crippen molar-refractivity contribution in [1.82, 2.24) is 19.8 Å². The van der Waals surface area contributed by atoms with E-state index in [0.717, 1.165) is 23.1 Å². The Morgan fingerprint density at radius 2 is 1.96 bits per heavy atom. The first-order chi connectivity index (χ1) is 12.1. The maximum atomic E-state index is 11.1. The minimum absolute atomic E-state index is 0.459. The molecule has 0 fully saturated rings. The predicted molar refractivity (Wildman–Crippen MR) is 92.3 cm³/mol. The summed E-state index contributed by atoms with van der Waals surface area (Å²) in [5, 5.41) is 23.8. The first-order valence-electron chi connectivity index (χ1n) is 7.95. The summed E-state index contributed by atoms with van der Waals surface area (Å²) in [6.45, 7) is 4.34. The minimum Gasteiger partial charge on any atom is -0.549 e. The summed E-state index contributed by atoms with van der Waals surface area (Å²) >= 11 is 1.16. The Hall–Kier alpha value is -2.61. The van der Waals surface area contributed by atoms with Gasteiger partial charge in [-0.25, -0.2) is 0 Å². The zero-order valence-electron chi connectivity index (χ0n) is 13.9. The van der Waals surface area contributed by atoms with Gasteiger partial charge in [0, 0.05) is 5.56 Å². The first-order valence-corrected chi connectivity index (χ1v) is 8.83. The van der Waals surface area contributed by atoms with E-state index in [1.54, 1.807) is 23.6 Å². The Kier molecular flexibility index (Phi) is 5.18. The van der Waals surface area contributed by atoms with Crippen molar-refractivity contribution in [3.63, 3.8) is 0 Å². The third-order valence-electron chi connectivity index (χ3n) is 3.56. The summed E-state index contributed by atoms with van der Waals surface area (Å²) in [6.07, 6.45) is 0.459. The number of hydrogen-bond donors (Lipinski definition) is 0. The van der Waals surface area contributed by atoms with Crippen molar-refractivity contribution in [3.05, 3.63) is 36.4 Å². The van der Waals surface area contributed by atoms with Crippen LogP contribution in [0.5, 0.6) is 5.75 Å². The second-order valence-electron chi connectivity index (χ2n) is 5.26. The van der Waals surface area contributed by atoms with E-state index in [9.17, 15) is 9.90 Å². The fourth-order valence-electron chi connectivity index (χ4n) is 2.33. The maximum absolute atomic E-state index is 11.1. The van der Waals surface area contributed by atoms with Crippen molar-refractivity contribution in [2.45, 2.75) is 30.5 Å². The summed E-state index contributed by atoms with van der Waals surface area (Å²) in [6, 6.07) is 11.0. The van der Waals surface area contributed by atoms with Gasteiger partial charge in [-0.2, -0.15) is 9.61 Å². The number of fused-ring (bicyclic) bond motifs is 1. The molecule has 1 aromatic carbocycles. The van der Waals surface area contributed by atoms with Crippen molar-refractivity contribution >= 4 is 23.4 Å². The van der Waals surface area contributed by atoms with Crippen LogP contribution < -0.4 is 9.84 Å². The second kappa shape index (κ2) is 7.52. The molecule has 0 saturated heterocycles. The van der Waals surface area contributed by atoms with Crippen LogP contribution in [0, 0.1) is 0 Å². The van der Waals surface area contributed by atoms with E-state index >= 15 is 0 Å². The lowest BCUT2D eigenvalue weighted by Crippen LogP contribution is -2.33. The summed E-state index contributed by atoms with van der Waals surface area (Å²) in [5.41, 5.74) is 1.44. The lowest BCUT2D eigenvalue weighted by Gasteiger charge is -2.14. The van der Waals surface area contributed by atoms with Gasteiger partial charge in [0.2, 0.25) is 0 Å². The normalized spacial score (nSPS) is 12.2. The highest BCUT2D eigenvalue weighted by Gasteiger charge is 2.14. The molecular formula is C17H17N4O3S-. The standard InChI is InChI=1S/C17H18N4O3S/c1-3-13(17(22)23)25-15-10-9-14-18-19-16(21(14)20-15)11-5-7-12(8-6-11)24-4-2/h5-10,13H,3-4H2,1-2H3,(H,22,23)/p-1/t13-/m1/s1. The lowest BCUT2D eigenvalue weighted by molar-refractivity contribution is -0.304. The molecule has 2 heterocycles. The Labute approximate surface area is 149 Å². The first kappa shape index (κ1) is 17.2. The van der Waals surface area contributed by atoms with Gasteiger partial charge in [-0.15, -0.1) is 10.2 Å². The topological polar surface area (TPSA) is 92.4 Å². The third-order valence-corrected chi connectivity index (χ3v) is 4.83. The van der Waals surface area contributed by atoms with Gasteiger partial charge in [-0.3, -0.25) is 0 Å². The summed E-state index contributed by atoms with van der Waals surface area (Å²) in [5.74, 6) is 0.274. The van der Waals surface area contributed by atoms with Gasteiger partial charge >= 0.3 is 0 Å². The molecule has 2 aromatic heterocycles. The maximum Gasteiger partial charge on any atom is 0.185 e. The fourth-order valence-corrected chi connectivity index (χ4v) is 3.16. The van der Waals surface area contributed by atoms with Crippen LogP contribution in [-0.2, 0) is 4.79 Å². The molecule has 3 aromatic rings. The molecule has 0 aliphatic rings. The number of nitrogens with zero attached hydrogens (tertiary/aromatic N) is 4. The highest BCUT2D eigenvalue weighted by molar-refractivity contribution is 8.00. The van der Waals surface area contributed by atoms with Crippen molar-refractivity contribution < 1.29 is 14.6 Å². The van der Waals surface area contributed by atoms with Crippen LogP contribution in [0.2, 0.25) is 0 Å². The number of rotatable bonds is 7. The van der Waals surface area contributed by atoms with Crippen molar-refractivity contribution in [3.8, 4) is 17.1 Å². The highest BCUT2D eigenvalue weighted by atomic mass is 32.2. The van der Waals surface area contributed by atoms with Crippen LogP contribution in [0.3, 0.4) is 0 Å². The zero-order chi connectivity index (χ0) is 17.8. The van der Waals surface area contributed by atoms with Crippen molar-refractivity contribution in [2.24, 2.45) is 0 Å². The van der Waals surface area contributed by atoms with E-state index in [1.165, 1.54) is 0 Å². The van der Waals surface area contributed by atoms with Crippen LogP contribution in [0.1, 0.15) is 20.3 Å². The third kappa shape index (κ3) is 3.74. The molecule has 3 rings (SSSR count). The van der Waals surface area contributed by atoms with E-state index in [2.05, 4.69) is 15.3 Å². The van der Waals surface area contributed by atoms with Crippen molar-refractivity contribution in [2.75, 3.05) is 6.61 Å². The lowest BCUT2D eigenvalue weighted by atomic mass is 10.2. The Morgan fingerprint density at radius 1 is 1.20 bits per heavy atom. The monoisotopic (exact) mass is 357 g/mol. The van der Waals surface area contributed by atoms with Crippen LogP contribution in [0.15, 0.2) is 41.4 Å². The summed E-state index contributed by atoms with van der Waals surface area (Å²) in [7, 11) is 0. The van der Waals surface area contributed by atoms with E-state index in [1.807, 2.05) is 31.2 Å². The van der Waals surface area contributed by atoms with Gasteiger partial charge in [-0.1, -0.05) is 18.7 Å². The quantitative estimate of drug-likeness (QED) is 0.595. The van der Waals surface area contributed by atoms with Gasteiger partial charge in [0.15, 0.2) is 11.5 Å². The molecule has 7 nitrogen and oxygen atoms in total. The molecule has 0 saturated carbocycles. The van der Waals surface area contributed by atoms with Crippen LogP contribution >= 0.6 is 11.8 Å². The SMILES string of the molecule is CCOc1ccc(-c2nnc3ccc(S[C@H](CC)C(=O)[O-])nn23)cc1. The number of aliphatic carboxylic acids is 1. The highest BCUT2D eigenvalue weighted by Crippen LogP contribution is 2.25. The Bertz CT molecular complexity index is 879. The molecule has 0 aliphatic carbocycles. The Balaban J connectivity index is 1.94. The van der Waals surface area contributed by atoms with Gasteiger partial charge in [-0.05, 0) is 49.7 Å². The van der Waals surface area contributed by atoms with Crippen molar-refractivity contribution in [1.29, 1.82) is 0 Å². The van der Waals surface area contributed by atoms with Gasteiger partial charge in [0.25, 0.3) is 0 Å². The van der Waals surface area contributed by atoms with E-state index in [4.69, 9.17) is 4.74 Å². The smallest absolute Gasteiger partial charge is 0.185 e. The summed E-state index contributed by atoms with van der Waals surface area (Å²) < 4.78 is 7.05. The number of thioether (sulfide) groups is 1. The molecule has 0 amide bonds. The zero-order valence-corrected chi connectivity index (χ0v) is 14.7. The molecule has 8 heteroatoms. The molecular weight excluding hydrogens is 340 g/mol. The van der Waals surface area contributed by atoms with E-state index in [0.29, 0.717) is 29.5 Å². The van der Waals surface area contributed by atoms with Gasteiger partial charge in [0.05, 0.1) is 17.8 Å². The predicted octanol–water partition coefficient (Wildman–Crippen LogP) is 1.81. The van der Waals surface area contributed by atoms with Crippen LogP contribution in [0.25, 0.3) is 17.0 Å². The average molecular weight is 357 g/mol. The van der Waals surface area contributed by atoms with Gasteiger partial charge < -0.3 is 14.6 Å². The number of carboxylic acids is 1.